The summed E-state index contributed by atoms with van der Waals surface area (Å²) in [6.45, 7) is 9.59. The van der Waals surface area contributed by atoms with Gasteiger partial charge in [-0.05, 0) is 26.6 Å². The Labute approximate surface area is 63.7 Å². The topological polar surface area (TPSA) is 21.8 Å². The lowest BCUT2D eigenvalue weighted by Crippen LogP contribution is -2.33. The van der Waals surface area contributed by atoms with E-state index in [2.05, 4.69) is 26.6 Å². The average molecular weight is 160 g/mol. The van der Waals surface area contributed by atoms with Gasteiger partial charge in [0.2, 0.25) is 0 Å². The SMILES string of the molecule is CC(O[Si](C)(C)C)C1CO1. The molecule has 0 saturated carbocycles. The summed E-state index contributed by atoms with van der Waals surface area (Å²) in [7, 11) is -1.32. The predicted octanol–water partition coefficient (Wildman–Crippen LogP) is 1.63. The van der Waals surface area contributed by atoms with Crippen molar-refractivity contribution < 1.29 is 9.16 Å². The Hall–Kier alpha value is 0.137. The van der Waals surface area contributed by atoms with E-state index in [0.29, 0.717) is 12.2 Å². The summed E-state index contributed by atoms with van der Waals surface area (Å²) in [5.74, 6) is 0. The van der Waals surface area contributed by atoms with E-state index in [1.165, 1.54) is 0 Å². The Morgan fingerprint density at radius 1 is 1.50 bits per heavy atom. The van der Waals surface area contributed by atoms with Crippen LogP contribution >= 0.6 is 0 Å². The lowest BCUT2D eigenvalue weighted by atomic mass is 10.3. The van der Waals surface area contributed by atoms with Crippen LogP contribution in [0.4, 0.5) is 0 Å². The molecule has 0 spiro atoms. The molecule has 10 heavy (non-hydrogen) atoms. The molecule has 0 amide bonds. The van der Waals surface area contributed by atoms with E-state index in [4.69, 9.17) is 9.16 Å². The summed E-state index contributed by atoms with van der Waals surface area (Å²) in [6, 6.07) is 0. The molecular formula is C7H16O2Si. The van der Waals surface area contributed by atoms with Crippen molar-refractivity contribution >= 4 is 8.32 Å². The van der Waals surface area contributed by atoms with Crippen LogP contribution in [-0.2, 0) is 9.16 Å². The quantitative estimate of drug-likeness (QED) is 0.462. The fourth-order valence-electron chi connectivity index (χ4n) is 0.960. The molecule has 1 aliphatic rings. The molecule has 1 heterocycles. The minimum atomic E-state index is -1.32. The van der Waals surface area contributed by atoms with Crippen molar-refractivity contribution in [1.82, 2.24) is 0 Å². The van der Waals surface area contributed by atoms with Crippen LogP contribution in [0, 0.1) is 0 Å². The first-order chi connectivity index (χ1) is 4.49. The van der Waals surface area contributed by atoms with Crippen molar-refractivity contribution in [3.63, 3.8) is 0 Å². The number of ether oxygens (including phenoxy) is 1. The number of epoxide rings is 1. The molecule has 0 N–H and O–H groups in total. The molecule has 2 unspecified atom stereocenters. The molecule has 0 aromatic carbocycles. The second kappa shape index (κ2) is 2.64. The maximum absolute atomic E-state index is 5.78. The molecule has 2 atom stereocenters. The van der Waals surface area contributed by atoms with E-state index in [-0.39, 0.29) is 0 Å². The van der Waals surface area contributed by atoms with Crippen LogP contribution in [0.2, 0.25) is 19.6 Å². The van der Waals surface area contributed by atoms with Gasteiger partial charge >= 0.3 is 0 Å². The van der Waals surface area contributed by atoms with Gasteiger partial charge in [-0.25, -0.2) is 0 Å². The summed E-state index contributed by atoms with van der Waals surface area (Å²) in [4.78, 5) is 0. The van der Waals surface area contributed by atoms with Crippen LogP contribution in [0.25, 0.3) is 0 Å². The Kier molecular flexibility index (Phi) is 2.17. The van der Waals surface area contributed by atoms with Gasteiger partial charge < -0.3 is 9.16 Å². The highest BCUT2D eigenvalue weighted by atomic mass is 28.4. The first kappa shape index (κ1) is 8.24. The average Bonchev–Trinajstić information content (AvgIpc) is 2.35. The summed E-state index contributed by atoms with van der Waals surface area (Å²) < 4.78 is 10.9. The van der Waals surface area contributed by atoms with Gasteiger partial charge in [-0.3, -0.25) is 0 Å². The number of hydrogen-bond acceptors (Lipinski definition) is 2. The second-order valence-electron chi connectivity index (χ2n) is 3.81. The highest BCUT2D eigenvalue weighted by Crippen LogP contribution is 2.19. The molecule has 1 saturated heterocycles. The predicted molar refractivity (Wildman–Crippen MR) is 43.6 cm³/mol. The van der Waals surface area contributed by atoms with Crippen molar-refractivity contribution in [2.24, 2.45) is 0 Å². The molecule has 60 valence electrons. The van der Waals surface area contributed by atoms with Crippen molar-refractivity contribution in [2.45, 2.75) is 38.8 Å². The van der Waals surface area contributed by atoms with Gasteiger partial charge in [0.05, 0.1) is 12.7 Å². The zero-order valence-electron chi connectivity index (χ0n) is 7.18. The van der Waals surface area contributed by atoms with Crippen LogP contribution in [0.15, 0.2) is 0 Å². The molecule has 0 aromatic rings. The minimum Gasteiger partial charge on any atom is -0.412 e. The monoisotopic (exact) mass is 160 g/mol. The van der Waals surface area contributed by atoms with E-state index in [0.717, 1.165) is 6.61 Å². The molecule has 1 fully saturated rings. The molecule has 0 radical (unpaired) electrons. The lowest BCUT2D eigenvalue weighted by Gasteiger charge is -2.21. The maximum atomic E-state index is 5.78. The standard InChI is InChI=1S/C7H16O2Si/c1-6(7-5-8-7)9-10(2,3)4/h6-7H,5H2,1-4H3. The molecule has 0 bridgehead atoms. The zero-order chi connectivity index (χ0) is 7.78. The molecule has 0 aliphatic carbocycles. The van der Waals surface area contributed by atoms with Crippen LogP contribution in [0.3, 0.4) is 0 Å². The number of rotatable bonds is 3. The van der Waals surface area contributed by atoms with Gasteiger partial charge in [0.15, 0.2) is 8.32 Å². The normalized spacial score (nSPS) is 28.2. The van der Waals surface area contributed by atoms with E-state index in [9.17, 15) is 0 Å². The number of hydrogen-bond donors (Lipinski definition) is 0. The Morgan fingerprint density at radius 3 is 2.30 bits per heavy atom. The van der Waals surface area contributed by atoms with E-state index in [1.54, 1.807) is 0 Å². The fraction of sp³-hybridized carbons (Fsp3) is 1.00. The third-order valence-corrected chi connectivity index (χ3v) is 2.50. The van der Waals surface area contributed by atoms with Crippen LogP contribution in [0.1, 0.15) is 6.92 Å². The molecule has 3 heteroatoms. The van der Waals surface area contributed by atoms with E-state index in [1.807, 2.05) is 0 Å². The third kappa shape index (κ3) is 2.81. The Balaban J connectivity index is 2.23. The molecule has 1 aliphatic heterocycles. The first-order valence-corrected chi connectivity index (χ1v) is 7.19. The van der Waals surface area contributed by atoms with Crippen LogP contribution < -0.4 is 0 Å². The summed E-state index contributed by atoms with van der Waals surface area (Å²) in [5.41, 5.74) is 0. The van der Waals surface area contributed by atoms with Gasteiger partial charge in [0.1, 0.15) is 6.10 Å². The van der Waals surface area contributed by atoms with E-state index < -0.39 is 8.32 Å². The summed E-state index contributed by atoms with van der Waals surface area (Å²) in [6.07, 6.45) is 0.707. The lowest BCUT2D eigenvalue weighted by molar-refractivity contribution is 0.169. The Morgan fingerprint density at radius 2 is 2.00 bits per heavy atom. The minimum absolute atomic E-state index is 0.312. The second-order valence-corrected chi connectivity index (χ2v) is 8.27. The van der Waals surface area contributed by atoms with E-state index >= 15 is 0 Å². The van der Waals surface area contributed by atoms with Crippen molar-refractivity contribution in [3.05, 3.63) is 0 Å². The third-order valence-electron chi connectivity index (χ3n) is 1.42. The molecular weight excluding hydrogens is 144 g/mol. The first-order valence-electron chi connectivity index (χ1n) is 3.78. The Bertz CT molecular complexity index is 115. The van der Waals surface area contributed by atoms with Crippen molar-refractivity contribution in [2.75, 3.05) is 6.61 Å². The highest BCUT2D eigenvalue weighted by molar-refractivity contribution is 6.69. The van der Waals surface area contributed by atoms with Crippen molar-refractivity contribution in [1.29, 1.82) is 0 Å². The largest absolute Gasteiger partial charge is 0.412 e. The zero-order valence-corrected chi connectivity index (χ0v) is 8.18. The highest BCUT2D eigenvalue weighted by Gasteiger charge is 2.33. The smallest absolute Gasteiger partial charge is 0.184 e. The van der Waals surface area contributed by atoms with Gasteiger partial charge in [-0.15, -0.1) is 0 Å². The molecule has 1 rings (SSSR count). The van der Waals surface area contributed by atoms with Gasteiger partial charge in [-0.2, -0.15) is 0 Å². The molecule has 2 nitrogen and oxygen atoms in total. The summed E-state index contributed by atoms with van der Waals surface area (Å²) >= 11 is 0. The summed E-state index contributed by atoms with van der Waals surface area (Å²) in [5, 5.41) is 0. The van der Waals surface area contributed by atoms with Gasteiger partial charge in [0, 0.05) is 0 Å². The van der Waals surface area contributed by atoms with Crippen LogP contribution in [-0.4, -0.2) is 27.1 Å². The van der Waals surface area contributed by atoms with Crippen LogP contribution in [0.5, 0.6) is 0 Å². The fourth-order valence-corrected chi connectivity index (χ4v) is 2.23. The maximum Gasteiger partial charge on any atom is 0.184 e. The van der Waals surface area contributed by atoms with Gasteiger partial charge in [0.25, 0.3) is 0 Å². The van der Waals surface area contributed by atoms with Gasteiger partial charge in [-0.1, -0.05) is 0 Å². The molecule has 0 aromatic heterocycles. The van der Waals surface area contributed by atoms with Crippen molar-refractivity contribution in [3.8, 4) is 0 Å².